The van der Waals surface area contributed by atoms with Crippen molar-refractivity contribution in [3.05, 3.63) is 58.1 Å². The smallest absolute Gasteiger partial charge is 0.264 e. The molecule has 2 aromatic rings. The van der Waals surface area contributed by atoms with E-state index in [0.717, 1.165) is 24.3 Å². The number of rotatable bonds is 3. The van der Waals surface area contributed by atoms with Crippen molar-refractivity contribution in [2.75, 3.05) is 4.72 Å². The van der Waals surface area contributed by atoms with E-state index in [1.165, 1.54) is 12.1 Å². The largest absolute Gasteiger partial charge is 0.279 e. The minimum Gasteiger partial charge on any atom is -0.279 e. The second-order valence-corrected chi connectivity index (χ2v) is 6.30. The highest BCUT2D eigenvalue weighted by Gasteiger charge is 2.19. The van der Waals surface area contributed by atoms with Crippen LogP contribution in [0, 0.1) is 11.6 Å². The Labute approximate surface area is 124 Å². The van der Waals surface area contributed by atoms with Crippen molar-refractivity contribution in [3.63, 3.8) is 0 Å². The lowest BCUT2D eigenvalue weighted by atomic mass is 10.3. The zero-order valence-electron chi connectivity index (χ0n) is 9.70. The third kappa shape index (κ3) is 3.20. The van der Waals surface area contributed by atoms with Gasteiger partial charge in [-0.15, -0.1) is 0 Å². The number of anilines is 1. The minimum absolute atomic E-state index is 0.0192. The molecule has 1 N–H and O–H groups in total. The molecule has 2 aromatic carbocycles. The number of hydrogen-bond donors (Lipinski definition) is 1. The number of benzene rings is 2. The first-order valence-corrected chi connectivity index (χ1v) is 7.46. The van der Waals surface area contributed by atoms with Crippen LogP contribution in [0.1, 0.15) is 0 Å². The van der Waals surface area contributed by atoms with Crippen LogP contribution in [0.15, 0.2) is 41.3 Å². The van der Waals surface area contributed by atoms with Gasteiger partial charge < -0.3 is 0 Å². The summed E-state index contributed by atoms with van der Waals surface area (Å²) in [6.45, 7) is 0. The van der Waals surface area contributed by atoms with Crippen LogP contribution in [-0.4, -0.2) is 8.42 Å². The second-order valence-electron chi connectivity index (χ2n) is 3.81. The monoisotopic (exact) mass is 337 g/mol. The van der Waals surface area contributed by atoms with E-state index in [9.17, 15) is 17.2 Å². The highest BCUT2D eigenvalue weighted by molar-refractivity contribution is 7.92. The van der Waals surface area contributed by atoms with E-state index >= 15 is 0 Å². The third-order valence-electron chi connectivity index (χ3n) is 2.36. The van der Waals surface area contributed by atoms with Gasteiger partial charge in [-0.2, -0.15) is 0 Å². The maximum absolute atomic E-state index is 13.6. The molecule has 0 atom stereocenters. The van der Waals surface area contributed by atoms with E-state index in [0.29, 0.717) is 0 Å². The number of halogens is 4. The lowest BCUT2D eigenvalue weighted by molar-refractivity contribution is 0.570. The van der Waals surface area contributed by atoms with Crippen molar-refractivity contribution in [2.45, 2.75) is 4.90 Å². The molecule has 8 heteroatoms. The molecule has 0 aliphatic carbocycles. The fraction of sp³-hybridized carbons (Fsp3) is 0. The molecule has 0 aromatic heterocycles. The number of sulfonamides is 1. The molecule has 0 saturated heterocycles. The fourth-order valence-corrected chi connectivity index (χ4v) is 2.91. The maximum atomic E-state index is 13.6. The Morgan fingerprint density at radius 2 is 1.65 bits per heavy atom. The standard InChI is InChI=1S/C12H7Cl2F2NO2S/c13-7-1-4-12(11(16)5-7)20(18,19)17-8-2-3-10(15)9(14)6-8/h1-6,17H. The van der Waals surface area contributed by atoms with Crippen LogP contribution < -0.4 is 4.72 Å². The maximum Gasteiger partial charge on any atom is 0.264 e. The Kier molecular flexibility index (Phi) is 4.17. The summed E-state index contributed by atoms with van der Waals surface area (Å²) in [5.74, 6) is -1.68. The molecular formula is C12H7Cl2F2NO2S. The van der Waals surface area contributed by atoms with Gasteiger partial charge in [0.05, 0.1) is 10.7 Å². The summed E-state index contributed by atoms with van der Waals surface area (Å²) in [4.78, 5) is -0.567. The van der Waals surface area contributed by atoms with E-state index in [-0.39, 0.29) is 15.7 Å². The second kappa shape index (κ2) is 5.55. The van der Waals surface area contributed by atoms with Gasteiger partial charge in [-0.25, -0.2) is 17.2 Å². The van der Waals surface area contributed by atoms with Crippen molar-refractivity contribution >= 4 is 38.9 Å². The Morgan fingerprint density at radius 1 is 0.950 bits per heavy atom. The summed E-state index contributed by atoms with van der Waals surface area (Å²) in [7, 11) is -4.16. The summed E-state index contributed by atoms with van der Waals surface area (Å²) in [6.07, 6.45) is 0. The summed E-state index contributed by atoms with van der Waals surface area (Å²) < 4.78 is 52.7. The van der Waals surface area contributed by atoms with Gasteiger partial charge in [-0.05, 0) is 36.4 Å². The third-order valence-corrected chi connectivity index (χ3v) is 4.29. The molecule has 0 spiro atoms. The van der Waals surface area contributed by atoms with Crippen LogP contribution in [0.2, 0.25) is 10.0 Å². The molecule has 0 heterocycles. The van der Waals surface area contributed by atoms with Crippen LogP contribution in [0.25, 0.3) is 0 Å². The van der Waals surface area contributed by atoms with Crippen LogP contribution in [-0.2, 0) is 10.0 Å². The van der Waals surface area contributed by atoms with E-state index in [2.05, 4.69) is 4.72 Å². The topological polar surface area (TPSA) is 46.2 Å². The highest BCUT2D eigenvalue weighted by Crippen LogP contribution is 2.24. The van der Waals surface area contributed by atoms with Crippen molar-refractivity contribution in [1.29, 1.82) is 0 Å². The van der Waals surface area contributed by atoms with Gasteiger partial charge >= 0.3 is 0 Å². The predicted octanol–water partition coefficient (Wildman–Crippen LogP) is 4.07. The van der Waals surface area contributed by atoms with Gasteiger partial charge in [0.15, 0.2) is 0 Å². The zero-order valence-corrected chi connectivity index (χ0v) is 12.0. The summed E-state index contributed by atoms with van der Waals surface area (Å²) in [6, 6.07) is 6.42. The van der Waals surface area contributed by atoms with Crippen molar-refractivity contribution in [3.8, 4) is 0 Å². The van der Waals surface area contributed by atoms with Crippen molar-refractivity contribution < 1.29 is 17.2 Å². The van der Waals surface area contributed by atoms with Crippen molar-refractivity contribution in [2.24, 2.45) is 0 Å². The zero-order chi connectivity index (χ0) is 14.9. The Hall–Kier alpha value is -1.37. The molecular weight excluding hydrogens is 331 g/mol. The van der Waals surface area contributed by atoms with Gasteiger partial charge in [-0.3, -0.25) is 4.72 Å². The Balaban J connectivity index is 2.38. The van der Waals surface area contributed by atoms with Gasteiger partial charge in [0.2, 0.25) is 0 Å². The molecule has 20 heavy (non-hydrogen) atoms. The number of hydrogen-bond acceptors (Lipinski definition) is 2. The van der Waals surface area contributed by atoms with E-state index < -0.39 is 26.6 Å². The first kappa shape index (κ1) is 15.0. The predicted molar refractivity (Wildman–Crippen MR) is 73.6 cm³/mol. The molecule has 0 unspecified atom stereocenters. The molecule has 0 bridgehead atoms. The molecule has 0 radical (unpaired) electrons. The molecule has 3 nitrogen and oxygen atoms in total. The molecule has 0 aliphatic rings. The van der Waals surface area contributed by atoms with Crippen molar-refractivity contribution in [1.82, 2.24) is 0 Å². The first-order chi connectivity index (χ1) is 9.29. The normalized spacial score (nSPS) is 11.4. The minimum atomic E-state index is -4.16. The van der Waals surface area contributed by atoms with Gasteiger partial charge in [-0.1, -0.05) is 23.2 Å². The van der Waals surface area contributed by atoms with Crippen LogP contribution >= 0.6 is 23.2 Å². The van der Waals surface area contributed by atoms with Crippen LogP contribution in [0.5, 0.6) is 0 Å². The summed E-state index contributed by atoms with van der Waals surface area (Å²) >= 11 is 11.1. The van der Waals surface area contributed by atoms with Gasteiger partial charge in [0.25, 0.3) is 10.0 Å². The number of nitrogens with one attached hydrogen (secondary N) is 1. The van der Waals surface area contributed by atoms with Gasteiger partial charge in [0.1, 0.15) is 16.5 Å². The van der Waals surface area contributed by atoms with E-state index in [1.54, 1.807) is 0 Å². The first-order valence-electron chi connectivity index (χ1n) is 5.22. The lowest BCUT2D eigenvalue weighted by Gasteiger charge is -2.09. The molecule has 0 aliphatic heterocycles. The Morgan fingerprint density at radius 3 is 2.25 bits per heavy atom. The average molecular weight is 338 g/mol. The lowest BCUT2D eigenvalue weighted by Crippen LogP contribution is -2.14. The van der Waals surface area contributed by atoms with E-state index in [1.807, 2.05) is 0 Å². The van der Waals surface area contributed by atoms with Gasteiger partial charge in [0, 0.05) is 5.02 Å². The molecule has 106 valence electrons. The van der Waals surface area contributed by atoms with E-state index in [4.69, 9.17) is 23.2 Å². The highest BCUT2D eigenvalue weighted by atomic mass is 35.5. The van der Waals surface area contributed by atoms with Crippen LogP contribution in [0.3, 0.4) is 0 Å². The molecule has 0 saturated carbocycles. The molecule has 0 amide bonds. The quantitative estimate of drug-likeness (QED) is 0.917. The Bertz CT molecular complexity index is 766. The average Bonchev–Trinajstić information content (AvgIpc) is 2.33. The fourth-order valence-electron chi connectivity index (χ4n) is 1.46. The summed E-state index contributed by atoms with van der Waals surface area (Å²) in [5.41, 5.74) is 0.0192. The molecule has 2 rings (SSSR count). The summed E-state index contributed by atoms with van der Waals surface area (Å²) in [5, 5.41) is -0.173. The SMILES string of the molecule is O=S(=O)(Nc1ccc(F)c(Cl)c1)c1ccc(Cl)cc1F. The van der Waals surface area contributed by atoms with Crippen LogP contribution in [0.4, 0.5) is 14.5 Å². The molecule has 0 fully saturated rings.